The van der Waals surface area contributed by atoms with E-state index in [2.05, 4.69) is 15.3 Å². The highest BCUT2D eigenvalue weighted by Gasteiger charge is 2.15. The topological polar surface area (TPSA) is 51.5 Å². The Morgan fingerprint density at radius 3 is 2.79 bits per heavy atom. The van der Waals surface area contributed by atoms with Crippen LogP contribution in [-0.2, 0) is 0 Å². The van der Waals surface area contributed by atoms with Crippen LogP contribution in [0, 0.1) is 5.92 Å². The minimum Gasteiger partial charge on any atom is -0.478 e. The summed E-state index contributed by atoms with van der Waals surface area (Å²) in [6.07, 6.45) is 10.2. The molecule has 0 radical (unpaired) electrons. The molecule has 0 saturated heterocycles. The molecular weight excluding hydrogens is 300 g/mol. The molecule has 0 unspecified atom stereocenters. The normalized spacial score (nSPS) is 15.5. The molecule has 1 aliphatic rings. The Morgan fingerprint density at radius 2 is 1.96 bits per heavy atom. The first kappa shape index (κ1) is 15.0. The molecule has 1 aromatic carbocycles. The van der Waals surface area contributed by atoms with Crippen LogP contribution in [0.2, 0.25) is 0 Å². The number of anilines is 2. The van der Waals surface area contributed by atoms with E-state index in [-0.39, 0.29) is 0 Å². The summed E-state index contributed by atoms with van der Waals surface area (Å²) in [4.78, 5) is 8.85. The molecule has 1 saturated carbocycles. The van der Waals surface area contributed by atoms with Gasteiger partial charge in [0, 0.05) is 24.1 Å². The van der Waals surface area contributed by atoms with E-state index in [0.29, 0.717) is 11.7 Å². The second-order valence-corrected chi connectivity index (χ2v) is 6.38. The molecule has 0 amide bonds. The summed E-state index contributed by atoms with van der Waals surface area (Å²) >= 11 is 0. The SMILES string of the molecule is c1ccc(Nc2cc(OCC3CCCCC3)n3ccnc3n2)cc1. The van der Waals surface area contributed by atoms with E-state index < -0.39 is 0 Å². The molecule has 2 heterocycles. The monoisotopic (exact) mass is 322 g/mol. The molecule has 1 fully saturated rings. The van der Waals surface area contributed by atoms with Crippen LogP contribution in [0.3, 0.4) is 0 Å². The molecule has 4 rings (SSSR count). The van der Waals surface area contributed by atoms with E-state index in [9.17, 15) is 0 Å². The third-order valence-electron chi connectivity index (χ3n) is 4.58. The van der Waals surface area contributed by atoms with Gasteiger partial charge in [0.15, 0.2) is 0 Å². The number of benzene rings is 1. The first-order chi connectivity index (χ1) is 11.9. The molecule has 24 heavy (non-hydrogen) atoms. The number of para-hydroxylation sites is 1. The van der Waals surface area contributed by atoms with E-state index in [1.807, 2.05) is 47.0 Å². The van der Waals surface area contributed by atoms with Crippen LogP contribution < -0.4 is 10.1 Å². The molecule has 5 heteroatoms. The fourth-order valence-electron chi connectivity index (χ4n) is 3.28. The predicted molar refractivity (Wildman–Crippen MR) is 94.8 cm³/mol. The zero-order chi connectivity index (χ0) is 16.2. The Hall–Kier alpha value is -2.56. The van der Waals surface area contributed by atoms with Gasteiger partial charge in [0.05, 0.1) is 6.61 Å². The lowest BCUT2D eigenvalue weighted by Crippen LogP contribution is -2.16. The van der Waals surface area contributed by atoms with Crippen molar-refractivity contribution >= 4 is 17.3 Å². The number of hydrogen-bond donors (Lipinski definition) is 1. The number of aromatic nitrogens is 3. The molecule has 1 aliphatic carbocycles. The summed E-state index contributed by atoms with van der Waals surface area (Å²) in [5.74, 6) is 2.85. The summed E-state index contributed by atoms with van der Waals surface area (Å²) in [6.45, 7) is 0.766. The number of nitrogens with one attached hydrogen (secondary N) is 1. The van der Waals surface area contributed by atoms with Crippen molar-refractivity contribution in [2.75, 3.05) is 11.9 Å². The van der Waals surface area contributed by atoms with Gasteiger partial charge in [-0.15, -0.1) is 0 Å². The maximum atomic E-state index is 6.14. The van der Waals surface area contributed by atoms with Crippen molar-refractivity contribution in [3.8, 4) is 5.88 Å². The lowest BCUT2D eigenvalue weighted by molar-refractivity contribution is 0.201. The largest absolute Gasteiger partial charge is 0.478 e. The maximum Gasteiger partial charge on any atom is 0.238 e. The van der Waals surface area contributed by atoms with Gasteiger partial charge >= 0.3 is 0 Å². The van der Waals surface area contributed by atoms with Gasteiger partial charge in [-0.25, -0.2) is 4.98 Å². The minimum absolute atomic E-state index is 0.648. The van der Waals surface area contributed by atoms with Crippen molar-refractivity contribution in [2.24, 2.45) is 5.92 Å². The highest BCUT2D eigenvalue weighted by molar-refractivity contribution is 5.59. The molecule has 1 N–H and O–H groups in total. The van der Waals surface area contributed by atoms with Crippen LogP contribution in [0.5, 0.6) is 5.88 Å². The predicted octanol–water partition coefficient (Wildman–Crippen LogP) is 4.43. The molecule has 0 bridgehead atoms. The Morgan fingerprint density at radius 1 is 1.12 bits per heavy atom. The Labute approximate surface area is 141 Å². The van der Waals surface area contributed by atoms with Gasteiger partial charge in [-0.1, -0.05) is 37.5 Å². The highest BCUT2D eigenvalue weighted by atomic mass is 16.5. The molecule has 2 aromatic heterocycles. The van der Waals surface area contributed by atoms with E-state index >= 15 is 0 Å². The summed E-state index contributed by atoms with van der Waals surface area (Å²) in [5, 5.41) is 3.32. The van der Waals surface area contributed by atoms with Crippen molar-refractivity contribution in [3.63, 3.8) is 0 Å². The van der Waals surface area contributed by atoms with E-state index in [4.69, 9.17) is 4.74 Å². The molecular formula is C19H22N4O. The lowest BCUT2D eigenvalue weighted by Gasteiger charge is -2.22. The quantitative estimate of drug-likeness (QED) is 0.755. The third kappa shape index (κ3) is 3.35. The second kappa shape index (κ2) is 6.91. The van der Waals surface area contributed by atoms with Crippen LogP contribution in [-0.4, -0.2) is 21.0 Å². The summed E-state index contributed by atoms with van der Waals surface area (Å²) in [7, 11) is 0. The standard InChI is InChI=1S/C19H22N4O/c1-3-7-15(8-4-1)14-24-18-13-17(21-16-9-5-2-6-10-16)22-19-20-11-12-23(18)19/h2,5-6,9-13,15H,1,3-4,7-8,14H2,(H,20,21,22). The van der Waals surface area contributed by atoms with Crippen LogP contribution in [0.25, 0.3) is 5.78 Å². The Kier molecular flexibility index (Phi) is 4.32. The second-order valence-electron chi connectivity index (χ2n) is 6.38. The van der Waals surface area contributed by atoms with Crippen molar-refractivity contribution in [1.82, 2.24) is 14.4 Å². The lowest BCUT2D eigenvalue weighted by atomic mass is 9.90. The van der Waals surface area contributed by atoms with Crippen LogP contribution >= 0.6 is 0 Å². The van der Waals surface area contributed by atoms with Gasteiger partial charge < -0.3 is 10.1 Å². The fourth-order valence-corrected chi connectivity index (χ4v) is 3.28. The van der Waals surface area contributed by atoms with Crippen LogP contribution in [0.4, 0.5) is 11.5 Å². The van der Waals surface area contributed by atoms with Crippen molar-refractivity contribution in [2.45, 2.75) is 32.1 Å². The molecule has 0 aliphatic heterocycles. The molecule has 5 nitrogen and oxygen atoms in total. The summed E-state index contributed by atoms with van der Waals surface area (Å²) < 4.78 is 8.04. The van der Waals surface area contributed by atoms with Gasteiger partial charge in [0.2, 0.25) is 11.7 Å². The Balaban J connectivity index is 1.55. The van der Waals surface area contributed by atoms with Gasteiger partial charge in [-0.05, 0) is 30.9 Å². The average molecular weight is 322 g/mol. The smallest absolute Gasteiger partial charge is 0.238 e. The number of imidazole rings is 1. The van der Waals surface area contributed by atoms with E-state index in [1.54, 1.807) is 6.20 Å². The number of rotatable bonds is 5. The molecule has 0 atom stereocenters. The number of fused-ring (bicyclic) bond motifs is 1. The number of hydrogen-bond acceptors (Lipinski definition) is 4. The fraction of sp³-hybridized carbons (Fsp3) is 0.368. The van der Waals surface area contributed by atoms with Gasteiger partial charge in [0.25, 0.3) is 0 Å². The first-order valence-electron chi connectivity index (χ1n) is 8.67. The van der Waals surface area contributed by atoms with Crippen molar-refractivity contribution < 1.29 is 4.74 Å². The average Bonchev–Trinajstić information content (AvgIpc) is 3.10. The van der Waals surface area contributed by atoms with Crippen molar-refractivity contribution in [1.29, 1.82) is 0 Å². The zero-order valence-corrected chi connectivity index (χ0v) is 13.7. The van der Waals surface area contributed by atoms with Gasteiger partial charge in [-0.3, -0.25) is 4.40 Å². The number of ether oxygens (including phenoxy) is 1. The Bertz CT molecular complexity index is 793. The molecule has 124 valence electrons. The molecule has 3 aromatic rings. The van der Waals surface area contributed by atoms with Crippen LogP contribution in [0.15, 0.2) is 48.8 Å². The maximum absolute atomic E-state index is 6.14. The van der Waals surface area contributed by atoms with E-state index in [1.165, 1.54) is 32.1 Å². The summed E-state index contributed by atoms with van der Waals surface area (Å²) in [6, 6.07) is 12.0. The van der Waals surface area contributed by atoms with Crippen molar-refractivity contribution in [3.05, 3.63) is 48.8 Å². The summed E-state index contributed by atoms with van der Waals surface area (Å²) in [5.41, 5.74) is 0.999. The first-order valence-corrected chi connectivity index (χ1v) is 8.67. The minimum atomic E-state index is 0.648. The third-order valence-corrected chi connectivity index (χ3v) is 4.58. The zero-order valence-electron chi connectivity index (χ0n) is 13.7. The van der Waals surface area contributed by atoms with E-state index in [0.717, 1.165) is 24.0 Å². The van der Waals surface area contributed by atoms with Gasteiger partial charge in [0.1, 0.15) is 5.82 Å². The molecule has 0 spiro atoms. The number of nitrogens with zero attached hydrogens (tertiary/aromatic N) is 3. The van der Waals surface area contributed by atoms with Gasteiger partial charge in [-0.2, -0.15) is 4.98 Å². The highest BCUT2D eigenvalue weighted by Crippen LogP contribution is 2.26. The van der Waals surface area contributed by atoms with Crippen LogP contribution in [0.1, 0.15) is 32.1 Å².